The van der Waals surface area contributed by atoms with Gasteiger partial charge in [-0.15, -0.1) is 0 Å². The molecule has 7 heteroatoms. The summed E-state index contributed by atoms with van der Waals surface area (Å²) in [7, 11) is 1.63. The van der Waals surface area contributed by atoms with Gasteiger partial charge >= 0.3 is 0 Å². The van der Waals surface area contributed by atoms with E-state index >= 15 is 0 Å². The van der Waals surface area contributed by atoms with Crippen molar-refractivity contribution in [3.05, 3.63) is 33.2 Å². The van der Waals surface area contributed by atoms with Gasteiger partial charge in [-0.3, -0.25) is 0 Å². The number of ether oxygens (including phenoxy) is 2. The van der Waals surface area contributed by atoms with Gasteiger partial charge in [-0.2, -0.15) is 5.10 Å². The second kappa shape index (κ2) is 6.79. The van der Waals surface area contributed by atoms with Crippen molar-refractivity contribution in [3.63, 3.8) is 0 Å². The highest BCUT2D eigenvalue weighted by Gasteiger charge is 2.10. The molecule has 0 radical (unpaired) electrons. The fourth-order valence-corrected chi connectivity index (χ4v) is 2.69. The first-order chi connectivity index (χ1) is 10.0. The predicted octanol–water partition coefficient (Wildman–Crippen LogP) is 2.67. The highest BCUT2D eigenvalue weighted by molar-refractivity contribution is 14.1. The Morgan fingerprint density at radius 3 is 2.81 bits per heavy atom. The number of anilines is 1. The second-order valence-corrected chi connectivity index (χ2v) is 5.46. The van der Waals surface area contributed by atoms with Crippen molar-refractivity contribution in [2.75, 3.05) is 19.5 Å². The van der Waals surface area contributed by atoms with Crippen molar-refractivity contribution in [2.45, 2.75) is 13.8 Å². The summed E-state index contributed by atoms with van der Waals surface area (Å²) in [6.07, 6.45) is 3.48. The molecule has 0 spiro atoms. The van der Waals surface area contributed by atoms with Gasteiger partial charge in [0.25, 0.3) is 0 Å². The molecule has 0 saturated carbocycles. The summed E-state index contributed by atoms with van der Waals surface area (Å²) in [6, 6.07) is 3.85. The van der Waals surface area contributed by atoms with Gasteiger partial charge in [0.15, 0.2) is 11.5 Å². The quantitative estimate of drug-likeness (QED) is 0.619. The van der Waals surface area contributed by atoms with Crippen molar-refractivity contribution in [1.29, 1.82) is 0 Å². The van der Waals surface area contributed by atoms with Crippen LogP contribution in [0.25, 0.3) is 0 Å². The molecule has 0 aliphatic carbocycles. The SMILES string of the molecule is CCOc1cc(C=Nn2cc(C)nc2N)cc(I)c1OC. The minimum absolute atomic E-state index is 0.358. The molecule has 2 N–H and O–H groups in total. The Balaban J connectivity index is 2.34. The molecule has 2 aromatic rings. The lowest BCUT2D eigenvalue weighted by Gasteiger charge is -2.11. The summed E-state index contributed by atoms with van der Waals surface area (Å²) in [5.41, 5.74) is 7.47. The Bertz CT molecular complexity index is 667. The smallest absolute Gasteiger partial charge is 0.221 e. The highest BCUT2D eigenvalue weighted by atomic mass is 127. The number of hydrogen-bond acceptors (Lipinski definition) is 5. The molecule has 6 nitrogen and oxygen atoms in total. The Labute approximate surface area is 137 Å². The number of aryl methyl sites for hydroxylation is 1. The summed E-state index contributed by atoms with van der Waals surface area (Å²) < 4.78 is 13.4. The number of halogens is 1. The largest absolute Gasteiger partial charge is 0.492 e. The van der Waals surface area contributed by atoms with Crippen molar-refractivity contribution in [1.82, 2.24) is 9.66 Å². The minimum atomic E-state index is 0.358. The number of nitrogens with two attached hydrogens (primary N) is 1. The Hall–Kier alpha value is -1.77. The van der Waals surface area contributed by atoms with E-state index in [0.717, 1.165) is 20.6 Å². The Kier molecular flexibility index (Phi) is 5.05. The summed E-state index contributed by atoms with van der Waals surface area (Å²) in [5.74, 6) is 1.78. The fourth-order valence-electron chi connectivity index (χ4n) is 1.85. The van der Waals surface area contributed by atoms with Gasteiger partial charge in [-0.05, 0) is 54.1 Å². The molecule has 0 bridgehead atoms. The molecule has 0 amide bonds. The van der Waals surface area contributed by atoms with Crippen LogP contribution in [0, 0.1) is 10.5 Å². The van der Waals surface area contributed by atoms with E-state index in [1.165, 1.54) is 4.68 Å². The molecule has 1 aromatic carbocycles. The van der Waals surface area contributed by atoms with Crippen LogP contribution in [0.15, 0.2) is 23.4 Å². The van der Waals surface area contributed by atoms with Crippen molar-refractivity contribution >= 4 is 34.8 Å². The predicted molar refractivity (Wildman–Crippen MR) is 91.2 cm³/mol. The molecule has 1 aromatic heterocycles. The number of methoxy groups -OCH3 is 1. The lowest BCUT2D eigenvalue weighted by Crippen LogP contribution is -2.00. The van der Waals surface area contributed by atoms with Crippen LogP contribution in [-0.2, 0) is 0 Å². The van der Waals surface area contributed by atoms with Crippen molar-refractivity contribution < 1.29 is 9.47 Å². The van der Waals surface area contributed by atoms with E-state index in [0.29, 0.717) is 18.3 Å². The van der Waals surface area contributed by atoms with Crippen LogP contribution >= 0.6 is 22.6 Å². The average molecular weight is 400 g/mol. The fraction of sp³-hybridized carbons (Fsp3) is 0.286. The maximum Gasteiger partial charge on any atom is 0.221 e. The molecule has 0 saturated heterocycles. The van der Waals surface area contributed by atoms with E-state index in [4.69, 9.17) is 15.2 Å². The lowest BCUT2D eigenvalue weighted by molar-refractivity contribution is 0.309. The van der Waals surface area contributed by atoms with Gasteiger partial charge in [0.2, 0.25) is 5.95 Å². The summed E-state index contributed by atoms with van der Waals surface area (Å²) in [4.78, 5) is 4.10. The molecular formula is C14H17IN4O2. The molecule has 2 rings (SSSR count). The van der Waals surface area contributed by atoms with Gasteiger partial charge in [-0.25, -0.2) is 9.66 Å². The third kappa shape index (κ3) is 3.66. The zero-order chi connectivity index (χ0) is 15.4. The van der Waals surface area contributed by atoms with Gasteiger partial charge in [0.1, 0.15) is 0 Å². The third-order valence-electron chi connectivity index (χ3n) is 2.70. The van der Waals surface area contributed by atoms with Gasteiger partial charge < -0.3 is 15.2 Å². The Morgan fingerprint density at radius 2 is 2.24 bits per heavy atom. The maximum atomic E-state index is 5.75. The number of imidazole rings is 1. The first-order valence-corrected chi connectivity index (χ1v) is 7.49. The number of benzene rings is 1. The van der Waals surface area contributed by atoms with Crippen LogP contribution in [0.3, 0.4) is 0 Å². The molecule has 112 valence electrons. The van der Waals surface area contributed by atoms with E-state index in [1.54, 1.807) is 19.5 Å². The third-order valence-corrected chi connectivity index (χ3v) is 3.50. The summed E-state index contributed by atoms with van der Waals surface area (Å²) in [5, 5.41) is 4.30. The number of hydrogen-bond donors (Lipinski definition) is 1. The van der Waals surface area contributed by atoms with E-state index in [-0.39, 0.29) is 0 Å². The monoisotopic (exact) mass is 400 g/mol. The normalized spacial score (nSPS) is 11.0. The lowest BCUT2D eigenvalue weighted by atomic mass is 10.2. The molecular weight excluding hydrogens is 383 g/mol. The molecule has 0 aliphatic heterocycles. The highest BCUT2D eigenvalue weighted by Crippen LogP contribution is 2.33. The average Bonchev–Trinajstić information content (AvgIpc) is 2.75. The molecule has 0 aliphatic rings. The zero-order valence-electron chi connectivity index (χ0n) is 12.1. The van der Waals surface area contributed by atoms with Crippen molar-refractivity contribution in [3.8, 4) is 11.5 Å². The molecule has 0 atom stereocenters. The van der Waals surface area contributed by atoms with Gasteiger partial charge in [0.05, 0.1) is 35.4 Å². The zero-order valence-corrected chi connectivity index (χ0v) is 14.3. The van der Waals surface area contributed by atoms with Crippen LogP contribution in [0.1, 0.15) is 18.2 Å². The number of nitrogen functional groups attached to an aromatic ring is 1. The van der Waals surface area contributed by atoms with E-state index in [1.807, 2.05) is 26.0 Å². The van der Waals surface area contributed by atoms with Gasteiger partial charge in [0, 0.05) is 0 Å². The van der Waals surface area contributed by atoms with Crippen LogP contribution in [0.5, 0.6) is 11.5 Å². The first kappa shape index (κ1) is 15.6. The summed E-state index contributed by atoms with van der Waals surface area (Å²) in [6.45, 7) is 4.37. The maximum absolute atomic E-state index is 5.75. The first-order valence-electron chi connectivity index (χ1n) is 6.41. The minimum Gasteiger partial charge on any atom is -0.492 e. The second-order valence-electron chi connectivity index (χ2n) is 4.30. The molecule has 1 heterocycles. The standard InChI is InChI=1S/C14H17IN4O2/c1-4-21-12-6-10(5-11(15)13(12)20-3)7-17-19-8-9(2)18-14(19)16/h5-8H,4H2,1-3H3,(H2,16,18). The molecule has 21 heavy (non-hydrogen) atoms. The van der Waals surface area contributed by atoms with Crippen molar-refractivity contribution in [2.24, 2.45) is 5.10 Å². The topological polar surface area (TPSA) is 74.7 Å². The van der Waals surface area contributed by atoms with E-state index < -0.39 is 0 Å². The van der Waals surface area contributed by atoms with Crippen LogP contribution in [0.4, 0.5) is 5.95 Å². The molecule has 0 fully saturated rings. The number of rotatable bonds is 5. The summed E-state index contributed by atoms with van der Waals surface area (Å²) >= 11 is 2.21. The Morgan fingerprint density at radius 1 is 1.48 bits per heavy atom. The molecule has 0 unspecified atom stereocenters. The van der Waals surface area contributed by atoms with E-state index in [9.17, 15) is 0 Å². The van der Waals surface area contributed by atoms with E-state index in [2.05, 4.69) is 32.7 Å². The number of nitrogens with zero attached hydrogens (tertiary/aromatic N) is 3. The van der Waals surface area contributed by atoms with Crippen LogP contribution < -0.4 is 15.2 Å². The van der Waals surface area contributed by atoms with Crippen LogP contribution in [0.2, 0.25) is 0 Å². The van der Waals surface area contributed by atoms with Crippen LogP contribution in [-0.4, -0.2) is 29.6 Å². The van der Waals surface area contributed by atoms with Gasteiger partial charge in [-0.1, -0.05) is 0 Å². The number of aromatic nitrogens is 2.